The molecule has 13 heavy (non-hydrogen) atoms. The van der Waals surface area contributed by atoms with E-state index < -0.39 is 0 Å². The molecule has 4 heteroatoms. The Balaban J connectivity index is 2.31. The maximum atomic E-state index is 3.15. The van der Waals surface area contributed by atoms with Crippen LogP contribution in [0.25, 0.3) is 0 Å². The first-order chi connectivity index (χ1) is 6.22. The van der Waals surface area contributed by atoms with E-state index in [0.29, 0.717) is 0 Å². The van der Waals surface area contributed by atoms with Crippen LogP contribution in [-0.4, -0.2) is 32.1 Å². The largest absolute Gasteiger partial charge is 0.318 e. The SMILES string of the molecule is CNCCN(C)Cc1csc(I)c1. The van der Waals surface area contributed by atoms with Gasteiger partial charge in [0.1, 0.15) is 0 Å². The molecule has 0 spiro atoms. The number of thiophene rings is 1. The highest BCUT2D eigenvalue weighted by Gasteiger charge is 2.01. The van der Waals surface area contributed by atoms with Crippen molar-refractivity contribution in [2.24, 2.45) is 0 Å². The van der Waals surface area contributed by atoms with Gasteiger partial charge in [-0.1, -0.05) is 0 Å². The lowest BCUT2D eigenvalue weighted by atomic mass is 10.3. The second-order valence-corrected chi connectivity index (χ2v) is 5.91. The van der Waals surface area contributed by atoms with Crippen LogP contribution in [0.2, 0.25) is 0 Å². The molecule has 0 aliphatic heterocycles. The third-order valence-electron chi connectivity index (χ3n) is 1.82. The van der Waals surface area contributed by atoms with Crippen LogP contribution in [0.3, 0.4) is 0 Å². The van der Waals surface area contributed by atoms with Gasteiger partial charge in [-0.2, -0.15) is 0 Å². The molecule has 0 radical (unpaired) electrons. The normalized spacial score (nSPS) is 11.1. The molecule has 0 atom stereocenters. The summed E-state index contributed by atoms with van der Waals surface area (Å²) in [6.45, 7) is 3.21. The van der Waals surface area contributed by atoms with E-state index in [9.17, 15) is 0 Å². The zero-order chi connectivity index (χ0) is 9.68. The van der Waals surface area contributed by atoms with Gasteiger partial charge in [0.2, 0.25) is 0 Å². The topological polar surface area (TPSA) is 15.3 Å². The molecule has 0 saturated carbocycles. The summed E-state index contributed by atoms with van der Waals surface area (Å²) in [7, 11) is 4.14. The van der Waals surface area contributed by atoms with Crippen molar-refractivity contribution in [3.05, 3.63) is 19.9 Å². The van der Waals surface area contributed by atoms with Gasteiger partial charge in [-0.15, -0.1) is 11.3 Å². The van der Waals surface area contributed by atoms with Gasteiger partial charge in [-0.3, -0.25) is 0 Å². The van der Waals surface area contributed by atoms with Crippen LogP contribution in [0.4, 0.5) is 0 Å². The Kier molecular flexibility index (Phi) is 5.23. The molecule has 0 unspecified atom stereocenters. The van der Waals surface area contributed by atoms with Crippen LogP contribution < -0.4 is 5.32 Å². The number of hydrogen-bond donors (Lipinski definition) is 1. The third-order valence-corrected chi connectivity index (χ3v) is 3.66. The van der Waals surface area contributed by atoms with Crippen LogP contribution in [0.1, 0.15) is 5.56 Å². The molecule has 1 aromatic heterocycles. The van der Waals surface area contributed by atoms with E-state index in [0.717, 1.165) is 19.6 Å². The van der Waals surface area contributed by atoms with E-state index in [2.05, 4.69) is 51.3 Å². The second kappa shape index (κ2) is 5.95. The average molecular weight is 310 g/mol. The third kappa shape index (κ3) is 4.39. The van der Waals surface area contributed by atoms with Gasteiger partial charge < -0.3 is 10.2 Å². The lowest BCUT2D eigenvalue weighted by Crippen LogP contribution is -2.26. The predicted octanol–water partition coefficient (Wildman–Crippen LogP) is 2.00. The van der Waals surface area contributed by atoms with Crippen LogP contribution >= 0.6 is 33.9 Å². The minimum absolute atomic E-state index is 1.05. The smallest absolute Gasteiger partial charge is 0.0656 e. The van der Waals surface area contributed by atoms with E-state index in [4.69, 9.17) is 0 Å². The highest BCUT2D eigenvalue weighted by molar-refractivity contribution is 14.1. The van der Waals surface area contributed by atoms with Crippen molar-refractivity contribution in [1.29, 1.82) is 0 Å². The molecule has 1 aromatic rings. The number of nitrogens with zero attached hydrogens (tertiary/aromatic N) is 1. The molecule has 0 saturated heterocycles. The van der Waals surface area contributed by atoms with Crippen molar-refractivity contribution in [2.45, 2.75) is 6.54 Å². The van der Waals surface area contributed by atoms with Gasteiger partial charge >= 0.3 is 0 Å². The van der Waals surface area contributed by atoms with Crippen molar-refractivity contribution in [3.8, 4) is 0 Å². The van der Waals surface area contributed by atoms with Crippen molar-refractivity contribution in [2.75, 3.05) is 27.2 Å². The molecule has 1 heterocycles. The van der Waals surface area contributed by atoms with Gasteiger partial charge in [-0.05, 0) is 53.7 Å². The summed E-state index contributed by atoms with van der Waals surface area (Å²) in [6.07, 6.45) is 0. The summed E-state index contributed by atoms with van der Waals surface area (Å²) >= 11 is 4.18. The Morgan fingerprint density at radius 2 is 2.38 bits per heavy atom. The molecule has 0 bridgehead atoms. The first-order valence-corrected chi connectivity index (χ1v) is 6.24. The maximum Gasteiger partial charge on any atom is 0.0656 e. The molecule has 74 valence electrons. The lowest BCUT2D eigenvalue weighted by Gasteiger charge is -2.14. The van der Waals surface area contributed by atoms with Crippen LogP contribution in [0.5, 0.6) is 0 Å². The monoisotopic (exact) mass is 310 g/mol. The van der Waals surface area contributed by atoms with Crippen LogP contribution in [0.15, 0.2) is 11.4 Å². The van der Waals surface area contributed by atoms with E-state index in [1.54, 1.807) is 0 Å². The molecule has 0 aromatic carbocycles. The zero-order valence-corrected chi connectivity index (χ0v) is 11.0. The zero-order valence-electron chi connectivity index (χ0n) is 8.01. The Bertz CT molecular complexity index is 250. The highest BCUT2D eigenvalue weighted by atomic mass is 127. The highest BCUT2D eigenvalue weighted by Crippen LogP contribution is 2.17. The summed E-state index contributed by atoms with van der Waals surface area (Å²) in [5.74, 6) is 0. The summed E-state index contributed by atoms with van der Waals surface area (Å²) in [4.78, 5) is 2.33. The lowest BCUT2D eigenvalue weighted by molar-refractivity contribution is 0.328. The van der Waals surface area contributed by atoms with Crippen molar-refractivity contribution < 1.29 is 0 Å². The molecule has 0 fully saturated rings. The molecule has 1 N–H and O–H groups in total. The van der Waals surface area contributed by atoms with E-state index in [1.807, 2.05) is 18.4 Å². The number of rotatable bonds is 5. The fraction of sp³-hybridized carbons (Fsp3) is 0.556. The fourth-order valence-corrected chi connectivity index (χ4v) is 2.53. The Morgan fingerprint density at radius 3 is 2.92 bits per heavy atom. The van der Waals surface area contributed by atoms with Crippen LogP contribution in [-0.2, 0) is 6.54 Å². The molecular weight excluding hydrogens is 295 g/mol. The summed E-state index contributed by atoms with van der Waals surface area (Å²) in [5, 5.41) is 5.38. The molecule has 0 aliphatic carbocycles. The number of nitrogens with one attached hydrogen (secondary N) is 1. The molecule has 0 amide bonds. The van der Waals surface area contributed by atoms with E-state index in [1.165, 1.54) is 8.45 Å². The first kappa shape index (κ1) is 11.4. The molecule has 2 nitrogen and oxygen atoms in total. The fourth-order valence-electron chi connectivity index (χ4n) is 1.12. The quantitative estimate of drug-likeness (QED) is 0.837. The number of halogens is 1. The average Bonchev–Trinajstić information content (AvgIpc) is 2.48. The van der Waals surface area contributed by atoms with E-state index in [-0.39, 0.29) is 0 Å². The van der Waals surface area contributed by atoms with Gasteiger partial charge in [0.25, 0.3) is 0 Å². The standard InChI is InChI=1S/C9H15IN2S/c1-11-3-4-12(2)6-8-5-9(10)13-7-8/h5,7,11H,3-4,6H2,1-2H3. The Labute approximate surface area is 97.5 Å². The predicted molar refractivity (Wildman–Crippen MR) is 67.3 cm³/mol. The summed E-state index contributed by atoms with van der Waals surface area (Å²) in [6, 6.07) is 2.25. The molecule has 0 aliphatic rings. The molecular formula is C9H15IN2S. The van der Waals surface area contributed by atoms with Gasteiger partial charge in [0.05, 0.1) is 2.88 Å². The number of hydrogen-bond acceptors (Lipinski definition) is 3. The number of likely N-dealkylation sites (N-methyl/N-ethyl adjacent to an activating group) is 2. The first-order valence-electron chi connectivity index (χ1n) is 4.28. The van der Waals surface area contributed by atoms with E-state index >= 15 is 0 Å². The minimum Gasteiger partial charge on any atom is -0.318 e. The minimum atomic E-state index is 1.05. The maximum absolute atomic E-state index is 3.15. The van der Waals surface area contributed by atoms with Gasteiger partial charge in [0, 0.05) is 19.6 Å². The second-order valence-electron chi connectivity index (χ2n) is 3.10. The van der Waals surface area contributed by atoms with Gasteiger partial charge in [-0.25, -0.2) is 0 Å². The Hall–Kier alpha value is 0.350. The summed E-state index contributed by atoms with van der Waals surface area (Å²) in [5.41, 5.74) is 1.42. The molecule has 1 rings (SSSR count). The van der Waals surface area contributed by atoms with Crippen molar-refractivity contribution >= 4 is 33.9 Å². The Morgan fingerprint density at radius 1 is 1.62 bits per heavy atom. The van der Waals surface area contributed by atoms with Crippen LogP contribution in [0, 0.1) is 2.88 Å². The van der Waals surface area contributed by atoms with Crippen molar-refractivity contribution in [3.63, 3.8) is 0 Å². The summed E-state index contributed by atoms with van der Waals surface area (Å²) < 4.78 is 1.37. The van der Waals surface area contributed by atoms with Crippen molar-refractivity contribution in [1.82, 2.24) is 10.2 Å². The van der Waals surface area contributed by atoms with Gasteiger partial charge in [0.15, 0.2) is 0 Å².